The van der Waals surface area contributed by atoms with Gasteiger partial charge in [-0.05, 0) is 40.8 Å². The second kappa shape index (κ2) is 7.58. The Morgan fingerprint density at radius 3 is 2.53 bits per heavy atom. The Hall–Kier alpha value is -0.160. The Balaban J connectivity index is 0.00000180. The number of hydrogen-bond acceptors (Lipinski definition) is 2. The number of hydrogen-bond donors (Lipinski definition) is 2. The summed E-state index contributed by atoms with van der Waals surface area (Å²) in [6.07, 6.45) is 4.82. The van der Waals surface area contributed by atoms with E-state index < -0.39 is 12.1 Å². The minimum absolute atomic E-state index is 0. The van der Waals surface area contributed by atoms with E-state index in [-0.39, 0.29) is 24.1 Å². The second-order valence-electron chi connectivity index (χ2n) is 5.06. The average molecular weight is 353 g/mol. The normalized spacial score (nSPS) is 19.6. The summed E-state index contributed by atoms with van der Waals surface area (Å²) in [5.74, 6) is -0.160. The SMILES string of the molecule is Cl.N[C@@H](c1cccc(Br)c1F)[C@H](O)C1CCCCC1. The molecule has 5 heteroatoms. The molecule has 2 atom stereocenters. The third-order valence-electron chi connectivity index (χ3n) is 3.84. The molecule has 0 spiro atoms. The van der Waals surface area contributed by atoms with Crippen LogP contribution in [-0.4, -0.2) is 11.2 Å². The van der Waals surface area contributed by atoms with Crippen molar-refractivity contribution >= 4 is 28.3 Å². The summed E-state index contributed by atoms with van der Waals surface area (Å²) >= 11 is 3.15. The molecule has 0 saturated heterocycles. The van der Waals surface area contributed by atoms with Crippen LogP contribution in [0.2, 0.25) is 0 Å². The van der Waals surface area contributed by atoms with Crippen molar-refractivity contribution in [3.8, 4) is 0 Å². The van der Waals surface area contributed by atoms with E-state index in [1.54, 1.807) is 18.2 Å². The number of aliphatic hydroxyl groups is 1. The lowest BCUT2D eigenvalue weighted by molar-refractivity contribution is 0.0607. The van der Waals surface area contributed by atoms with Crippen LogP contribution in [0.15, 0.2) is 22.7 Å². The molecule has 0 aliphatic heterocycles. The van der Waals surface area contributed by atoms with Gasteiger partial charge in [0.05, 0.1) is 16.6 Å². The van der Waals surface area contributed by atoms with Crippen LogP contribution < -0.4 is 5.73 Å². The van der Waals surface area contributed by atoms with E-state index in [1.807, 2.05) is 0 Å². The molecule has 2 nitrogen and oxygen atoms in total. The lowest BCUT2D eigenvalue weighted by Crippen LogP contribution is -2.34. The topological polar surface area (TPSA) is 46.2 Å². The minimum Gasteiger partial charge on any atom is -0.391 e. The van der Waals surface area contributed by atoms with E-state index in [0.717, 1.165) is 25.7 Å². The molecule has 1 fully saturated rings. The first-order chi connectivity index (χ1) is 8.61. The van der Waals surface area contributed by atoms with Crippen LogP contribution in [0.25, 0.3) is 0 Å². The second-order valence-corrected chi connectivity index (χ2v) is 5.91. The first kappa shape index (κ1) is 16.9. The van der Waals surface area contributed by atoms with Crippen LogP contribution in [0.1, 0.15) is 43.7 Å². The molecule has 108 valence electrons. The summed E-state index contributed by atoms with van der Waals surface area (Å²) in [7, 11) is 0. The highest BCUT2D eigenvalue weighted by atomic mass is 79.9. The Labute approximate surface area is 128 Å². The molecule has 2 rings (SSSR count). The molecule has 1 aliphatic rings. The molecule has 0 aromatic heterocycles. The number of aliphatic hydroxyl groups excluding tert-OH is 1. The number of benzene rings is 1. The van der Waals surface area contributed by atoms with Gasteiger partial charge in [0.2, 0.25) is 0 Å². The maximum atomic E-state index is 13.9. The summed E-state index contributed by atoms with van der Waals surface area (Å²) < 4.78 is 14.3. The van der Waals surface area contributed by atoms with Gasteiger partial charge in [-0.25, -0.2) is 4.39 Å². The molecule has 1 aliphatic carbocycles. The van der Waals surface area contributed by atoms with Gasteiger partial charge in [0.15, 0.2) is 0 Å². The van der Waals surface area contributed by atoms with Crippen molar-refractivity contribution in [1.29, 1.82) is 0 Å². The molecular weight excluding hydrogens is 333 g/mol. The fourth-order valence-electron chi connectivity index (χ4n) is 2.73. The summed E-state index contributed by atoms with van der Waals surface area (Å²) in [6.45, 7) is 0. The molecule has 3 N–H and O–H groups in total. The fraction of sp³-hybridized carbons (Fsp3) is 0.571. The molecule has 0 heterocycles. The molecule has 1 saturated carbocycles. The molecule has 1 aromatic carbocycles. The molecule has 19 heavy (non-hydrogen) atoms. The first-order valence-electron chi connectivity index (χ1n) is 6.49. The highest BCUT2D eigenvalue weighted by Crippen LogP contribution is 2.33. The van der Waals surface area contributed by atoms with Crippen LogP contribution in [0.5, 0.6) is 0 Å². The third-order valence-corrected chi connectivity index (χ3v) is 4.45. The van der Waals surface area contributed by atoms with Crippen molar-refractivity contribution in [2.75, 3.05) is 0 Å². The fourth-order valence-corrected chi connectivity index (χ4v) is 3.11. The molecule has 1 aromatic rings. The van der Waals surface area contributed by atoms with Gasteiger partial charge in [-0.3, -0.25) is 0 Å². The Morgan fingerprint density at radius 1 is 1.26 bits per heavy atom. The van der Waals surface area contributed by atoms with E-state index in [0.29, 0.717) is 10.0 Å². The van der Waals surface area contributed by atoms with Crippen molar-refractivity contribution in [3.05, 3.63) is 34.1 Å². The van der Waals surface area contributed by atoms with Gasteiger partial charge in [0.1, 0.15) is 5.82 Å². The lowest BCUT2D eigenvalue weighted by atomic mass is 9.81. The standard InChI is InChI=1S/C14H19BrFNO.ClH/c15-11-8-4-7-10(12(11)16)13(17)14(18)9-5-2-1-3-6-9;/h4,7-9,13-14,18H,1-3,5-6,17H2;1H/t13-,14+;/m0./s1. The van der Waals surface area contributed by atoms with Crippen LogP contribution >= 0.6 is 28.3 Å². The zero-order valence-corrected chi connectivity index (χ0v) is 13.1. The molecule has 0 radical (unpaired) electrons. The van der Waals surface area contributed by atoms with Crippen molar-refractivity contribution in [3.63, 3.8) is 0 Å². The minimum atomic E-state index is -0.658. The van der Waals surface area contributed by atoms with Gasteiger partial charge in [0.25, 0.3) is 0 Å². The third kappa shape index (κ3) is 3.91. The van der Waals surface area contributed by atoms with Crippen LogP contribution in [-0.2, 0) is 0 Å². The van der Waals surface area contributed by atoms with Gasteiger partial charge in [-0.2, -0.15) is 0 Å². The van der Waals surface area contributed by atoms with Crippen molar-refractivity contribution in [2.45, 2.75) is 44.2 Å². The Morgan fingerprint density at radius 2 is 1.89 bits per heavy atom. The van der Waals surface area contributed by atoms with Crippen molar-refractivity contribution in [2.24, 2.45) is 11.7 Å². The zero-order chi connectivity index (χ0) is 13.1. The highest BCUT2D eigenvalue weighted by molar-refractivity contribution is 9.10. The summed E-state index contributed by atoms with van der Waals surface area (Å²) in [5, 5.41) is 10.3. The molecular formula is C14H20BrClFNO. The van der Waals surface area contributed by atoms with Crippen molar-refractivity contribution < 1.29 is 9.50 Å². The Kier molecular flexibility index (Phi) is 6.74. The molecule has 0 bridgehead atoms. The summed E-state index contributed by atoms with van der Waals surface area (Å²) in [6, 6.07) is 4.39. The lowest BCUT2D eigenvalue weighted by Gasteiger charge is -2.30. The van der Waals surface area contributed by atoms with E-state index in [2.05, 4.69) is 15.9 Å². The van der Waals surface area contributed by atoms with E-state index in [1.165, 1.54) is 6.42 Å². The zero-order valence-electron chi connectivity index (χ0n) is 10.7. The van der Waals surface area contributed by atoms with Crippen LogP contribution in [0, 0.1) is 11.7 Å². The van der Waals surface area contributed by atoms with Gasteiger partial charge >= 0.3 is 0 Å². The quantitative estimate of drug-likeness (QED) is 0.865. The largest absolute Gasteiger partial charge is 0.391 e. The Bertz CT molecular complexity index is 412. The maximum Gasteiger partial charge on any atom is 0.142 e. The number of rotatable bonds is 3. The molecule has 0 unspecified atom stereocenters. The number of nitrogens with two attached hydrogens (primary N) is 1. The van der Waals surface area contributed by atoms with Crippen molar-refractivity contribution in [1.82, 2.24) is 0 Å². The molecule has 0 amide bonds. The van der Waals surface area contributed by atoms with E-state index in [9.17, 15) is 9.50 Å². The number of halogens is 3. The highest BCUT2D eigenvalue weighted by Gasteiger charge is 2.29. The van der Waals surface area contributed by atoms with E-state index in [4.69, 9.17) is 5.73 Å². The van der Waals surface area contributed by atoms with Gasteiger partial charge < -0.3 is 10.8 Å². The maximum absolute atomic E-state index is 13.9. The van der Waals surface area contributed by atoms with Crippen LogP contribution in [0.4, 0.5) is 4.39 Å². The van der Waals surface area contributed by atoms with Crippen LogP contribution in [0.3, 0.4) is 0 Å². The van der Waals surface area contributed by atoms with E-state index >= 15 is 0 Å². The van der Waals surface area contributed by atoms with Gasteiger partial charge in [-0.1, -0.05) is 31.4 Å². The summed E-state index contributed by atoms with van der Waals surface area (Å²) in [5.41, 5.74) is 6.42. The van der Waals surface area contributed by atoms with Gasteiger partial charge in [-0.15, -0.1) is 12.4 Å². The van der Waals surface area contributed by atoms with Gasteiger partial charge in [0, 0.05) is 5.56 Å². The average Bonchev–Trinajstić information content (AvgIpc) is 2.41. The summed E-state index contributed by atoms with van der Waals surface area (Å²) in [4.78, 5) is 0. The first-order valence-corrected chi connectivity index (χ1v) is 7.28. The predicted octanol–water partition coefficient (Wildman–Crippen LogP) is 3.95. The smallest absolute Gasteiger partial charge is 0.142 e. The monoisotopic (exact) mass is 351 g/mol. The predicted molar refractivity (Wildman–Crippen MR) is 80.9 cm³/mol.